The number of carbonyl (C=O) groups excluding carboxylic acids is 3. The molecule has 2 bridgehead atoms. The molecular weight excluding hydrogens is 438 g/mol. The second-order valence-electron chi connectivity index (χ2n) is 9.80. The molecule has 186 valence electrons. The molecule has 2 aromatic heterocycles. The van der Waals surface area contributed by atoms with E-state index in [0.29, 0.717) is 30.2 Å². The van der Waals surface area contributed by atoms with E-state index in [9.17, 15) is 19.5 Å². The van der Waals surface area contributed by atoms with Gasteiger partial charge < -0.3 is 19.3 Å². The molecule has 34 heavy (non-hydrogen) atoms. The number of rotatable bonds is 7. The fraction of sp³-hybridized carbons (Fsp3) is 0.640. The number of Topliss-reactive ketones (excluding diaryl/α,β-unsaturated/α-hetero) is 2. The van der Waals surface area contributed by atoms with E-state index >= 15 is 0 Å². The average Bonchev–Trinajstić information content (AvgIpc) is 3.41. The monoisotopic (exact) mass is 473 g/mol. The molecule has 1 unspecified atom stereocenters. The fourth-order valence-electron chi connectivity index (χ4n) is 4.08. The lowest BCUT2D eigenvalue weighted by Gasteiger charge is -2.24. The predicted octanol–water partition coefficient (Wildman–Crippen LogP) is 4.05. The third kappa shape index (κ3) is 6.00. The maximum Gasteiger partial charge on any atom is 0.249 e. The number of oxazole rings is 2. The highest BCUT2D eigenvalue weighted by molar-refractivity contribution is 5.92. The second-order valence-corrected chi connectivity index (χ2v) is 9.80. The molecule has 1 aliphatic rings. The standard InChI is InChI=1S/C25H35N3O6/c1-13(2)20-25-28-21(24-26-17(12-33-24)15(5)29)19(34-25)10-8-6-7-9-16(23(32)27-20)11-18(30)22(31)14(3)4/h12-14,16,20,22,31H,6-11H2,1-5H3,(H,27,32)/t16?,20-,22-/m0/s1. The minimum Gasteiger partial charge on any atom is -0.443 e. The molecule has 0 saturated heterocycles. The van der Waals surface area contributed by atoms with Crippen LogP contribution in [0.15, 0.2) is 15.1 Å². The van der Waals surface area contributed by atoms with Crippen molar-refractivity contribution in [2.75, 3.05) is 0 Å². The van der Waals surface area contributed by atoms with Crippen LogP contribution in [0.4, 0.5) is 0 Å². The third-order valence-electron chi connectivity index (χ3n) is 6.25. The summed E-state index contributed by atoms with van der Waals surface area (Å²) in [5.74, 6) is -0.376. The Labute approximate surface area is 199 Å². The first-order valence-electron chi connectivity index (χ1n) is 12.1. The van der Waals surface area contributed by atoms with Gasteiger partial charge in [0, 0.05) is 25.7 Å². The molecule has 2 N–H and O–H groups in total. The number of carbonyl (C=O) groups is 3. The number of aromatic nitrogens is 2. The summed E-state index contributed by atoms with van der Waals surface area (Å²) in [5.41, 5.74) is 0.654. The number of aryl methyl sites for hydroxylation is 1. The molecule has 3 rings (SSSR count). The Bertz CT molecular complexity index is 1020. The van der Waals surface area contributed by atoms with Crippen LogP contribution in [0.25, 0.3) is 11.6 Å². The van der Waals surface area contributed by atoms with Crippen molar-refractivity contribution in [2.24, 2.45) is 17.8 Å². The van der Waals surface area contributed by atoms with Crippen molar-refractivity contribution in [1.29, 1.82) is 0 Å². The van der Waals surface area contributed by atoms with Crippen molar-refractivity contribution >= 4 is 17.5 Å². The van der Waals surface area contributed by atoms with Crippen LogP contribution in [0.1, 0.15) is 94.9 Å². The van der Waals surface area contributed by atoms with Crippen molar-refractivity contribution in [3.05, 3.63) is 23.6 Å². The van der Waals surface area contributed by atoms with Gasteiger partial charge in [0.05, 0.1) is 0 Å². The number of hydrogen-bond acceptors (Lipinski definition) is 8. The number of hydrogen-bond donors (Lipinski definition) is 2. The van der Waals surface area contributed by atoms with Crippen molar-refractivity contribution in [2.45, 2.75) is 85.3 Å². The molecule has 0 spiro atoms. The summed E-state index contributed by atoms with van der Waals surface area (Å²) >= 11 is 0. The van der Waals surface area contributed by atoms with Crippen molar-refractivity contribution in [3.8, 4) is 11.6 Å². The molecule has 1 amide bonds. The van der Waals surface area contributed by atoms with E-state index < -0.39 is 18.1 Å². The molecule has 3 atom stereocenters. The lowest BCUT2D eigenvalue weighted by molar-refractivity contribution is -0.135. The Balaban J connectivity index is 1.91. The van der Waals surface area contributed by atoms with Gasteiger partial charge in [0.15, 0.2) is 17.3 Å². The Hall–Kier alpha value is -2.81. The molecule has 0 aliphatic carbocycles. The largest absolute Gasteiger partial charge is 0.443 e. The first kappa shape index (κ1) is 25.8. The van der Waals surface area contributed by atoms with Crippen LogP contribution in [0.3, 0.4) is 0 Å². The highest BCUT2D eigenvalue weighted by Gasteiger charge is 2.32. The van der Waals surface area contributed by atoms with Gasteiger partial charge in [-0.3, -0.25) is 14.4 Å². The normalized spacial score (nSPS) is 20.5. The number of aliphatic hydroxyl groups excluding tert-OH is 1. The number of ketones is 2. The van der Waals surface area contributed by atoms with E-state index in [1.54, 1.807) is 13.8 Å². The summed E-state index contributed by atoms with van der Waals surface area (Å²) in [4.78, 5) is 46.3. The molecule has 1 aliphatic heterocycles. The first-order chi connectivity index (χ1) is 16.1. The molecule has 3 heterocycles. The first-order valence-corrected chi connectivity index (χ1v) is 12.1. The predicted molar refractivity (Wildman–Crippen MR) is 124 cm³/mol. The van der Waals surface area contributed by atoms with Crippen LogP contribution in [0.2, 0.25) is 0 Å². The van der Waals surface area contributed by atoms with E-state index in [1.807, 2.05) is 13.8 Å². The quantitative estimate of drug-likeness (QED) is 0.575. The second kappa shape index (κ2) is 11.1. The highest BCUT2D eigenvalue weighted by atomic mass is 16.4. The van der Waals surface area contributed by atoms with Gasteiger partial charge in [-0.1, -0.05) is 40.5 Å². The van der Waals surface area contributed by atoms with E-state index in [-0.39, 0.29) is 47.3 Å². The zero-order valence-corrected chi connectivity index (χ0v) is 20.6. The van der Waals surface area contributed by atoms with Crippen molar-refractivity contribution in [3.63, 3.8) is 0 Å². The average molecular weight is 474 g/mol. The van der Waals surface area contributed by atoms with Gasteiger partial charge in [-0.2, -0.15) is 0 Å². The Morgan fingerprint density at radius 1 is 1.18 bits per heavy atom. The van der Waals surface area contributed by atoms with E-state index in [0.717, 1.165) is 19.3 Å². The molecule has 0 saturated carbocycles. The molecule has 0 aromatic carbocycles. The summed E-state index contributed by atoms with van der Waals surface area (Å²) in [5, 5.41) is 13.2. The summed E-state index contributed by atoms with van der Waals surface area (Å²) in [6, 6.07) is -0.519. The summed E-state index contributed by atoms with van der Waals surface area (Å²) in [6.45, 7) is 8.87. The molecule has 9 nitrogen and oxygen atoms in total. The lowest BCUT2D eigenvalue weighted by Crippen LogP contribution is -2.39. The molecule has 2 aromatic rings. The van der Waals surface area contributed by atoms with Gasteiger partial charge in [0.1, 0.15) is 29.9 Å². The van der Waals surface area contributed by atoms with Crippen molar-refractivity contribution in [1.82, 2.24) is 15.3 Å². The number of nitrogens with zero attached hydrogens (tertiary/aromatic N) is 2. The van der Waals surface area contributed by atoms with Gasteiger partial charge in [-0.05, 0) is 24.7 Å². The van der Waals surface area contributed by atoms with E-state index in [1.165, 1.54) is 13.2 Å². The molecule has 0 fully saturated rings. The van der Waals surface area contributed by atoms with Gasteiger partial charge in [-0.25, -0.2) is 9.97 Å². The summed E-state index contributed by atoms with van der Waals surface area (Å²) < 4.78 is 11.6. The minimum atomic E-state index is -1.08. The zero-order valence-electron chi connectivity index (χ0n) is 20.6. The zero-order chi connectivity index (χ0) is 25.0. The van der Waals surface area contributed by atoms with Crippen LogP contribution in [0, 0.1) is 17.8 Å². The SMILES string of the molecule is CC(=O)c1coc(-c2nc3oc2CCCCCC(CC(=O)[C@@H](O)C(C)C)C(=O)N[C@H]3C(C)C)n1. The number of nitrogens with one attached hydrogen (secondary N) is 1. The molecule has 0 radical (unpaired) electrons. The Kier molecular flexibility index (Phi) is 8.41. The van der Waals surface area contributed by atoms with Crippen LogP contribution >= 0.6 is 0 Å². The fourth-order valence-corrected chi connectivity index (χ4v) is 4.08. The Morgan fingerprint density at radius 2 is 1.91 bits per heavy atom. The van der Waals surface area contributed by atoms with Gasteiger partial charge in [-0.15, -0.1) is 0 Å². The van der Waals surface area contributed by atoms with Gasteiger partial charge in [0.2, 0.25) is 17.7 Å². The van der Waals surface area contributed by atoms with Crippen molar-refractivity contribution < 1.29 is 28.3 Å². The van der Waals surface area contributed by atoms with Crippen LogP contribution in [0.5, 0.6) is 0 Å². The number of fused-ring (bicyclic) bond motifs is 2. The smallest absolute Gasteiger partial charge is 0.249 e. The number of aliphatic hydroxyl groups is 1. The van der Waals surface area contributed by atoms with Crippen LogP contribution in [-0.4, -0.2) is 38.7 Å². The highest BCUT2D eigenvalue weighted by Crippen LogP contribution is 2.32. The topological polar surface area (TPSA) is 136 Å². The Morgan fingerprint density at radius 3 is 2.53 bits per heavy atom. The van der Waals surface area contributed by atoms with E-state index in [4.69, 9.17) is 8.83 Å². The molecule has 9 heteroatoms. The third-order valence-corrected chi connectivity index (χ3v) is 6.25. The van der Waals surface area contributed by atoms with Gasteiger partial charge >= 0.3 is 0 Å². The minimum absolute atomic E-state index is 0.00220. The maximum atomic E-state index is 13.2. The van der Waals surface area contributed by atoms with Gasteiger partial charge in [0.25, 0.3) is 0 Å². The lowest BCUT2D eigenvalue weighted by atomic mass is 9.89. The van der Waals surface area contributed by atoms with Crippen LogP contribution < -0.4 is 5.32 Å². The summed E-state index contributed by atoms with van der Waals surface area (Å²) in [6.07, 6.45) is 3.79. The maximum absolute atomic E-state index is 13.2. The number of amides is 1. The van der Waals surface area contributed by atoms with Crippen LogP contribution in [-0.2, 0) is 16.0 Å². The summed E-state index contributed by atoms with van der Waals surface area (Å²) in [7, 11) is 0. The molecular formula is C25H35N3O6. The van der Waals surface area contributed by atoms with E-state index in [2.05, 4.69) is 15.3 Å².